The lowest BCUT2D eigenvalue weighted by Gasteiger charge is -2.27. The molecular formula is C10H20N2O2. The molecule has 1 atom stereocenters. The van der Waals surface area contributed by atoms with Crippen molar-refractivity contribution in [1.82, 2.24) is 10.8 Å². The Hall–Kier alpha value is -0.610. The van der Waals surface area contributed by atoms with Crippen LogP contribution in [0.3, 0.4) is 0 Å². The van der Waals surface area contributed by atoms with Crippen molar-refractivity contribution in [1.29, 1.82) is 0 Å². The fourth-order valence-electron chi connectivity index (χ4n) is 1.99. The minimum atomic E-state index is -0.371. The maximum absolute atomic E-state index is 11.8. The van der Waals surface area contributed by atoms with Crippen molar-refractivity contribution in [2.24, 2.45) is 0 Å². The Bertz CT molecular complexity index is 189. The van der Waals surface area contributed by atoms with E-state index in [1.165, 1.54) is 0 Å². The average Bonchev–Trinajstić information content (AvgIpc) is 2.64. The third kappa shape index (κ3) is 2.45. The van der Waals surface area contributed by atoms with E-state index in [9.17, 15) is 4.79 Å². The number of amides is 1. The highest BCUT2D eigenvalue weighted by Crippen LogP contribution is 2.24. The first-order chi connectivity index (χ1) is 6.75. The summed E-state index contributed by atoms with van der Waals surface area (Å²) < 4.78 is 0. The van der Waals surface area contributed by atoms with Crippen LogP contribution in [-0.4, -0.2) is 24.6 Å². The predicted molar refractivity (Wildman–Crippen MR) is 54.6 cm³/mol. The second kappa shape index (κ2) is 5.32. The summed E-state index contributed by atoms with van der Waals surface area (Å²) in [5.41, 5.74) is 2.13. The van der Waals surface area contributed by atoms with Gasteiger partial charge in [-0.1, -0.05) is 13.3 Å². The summed E-state index contributed by atoms with van der Waals surface area (Å²) >= 11 is 0. The van der Waals surface area contributed by atoms with Gasteiger partial charge in [0.1, 0.15) is 5.54 Å². The fourth-order valence-corrected chi connectivity index (χ4v) is 1.99. The molecule has 82 valence electrons. The lowest BCUT2D eigenvalue weighted by atomic mass is 9.91. The third-order valence-electron chi connectivity index (χ3n) is 2.66. The van der Waals surface area contributed by atoms with Crippen LogP contribution in [0.5, 0.6) is 0 Å². The van der Waals surface area contributed by atoms with Crippen LogP contribution in [0, 0.1) is 0 Å². The Labute approximate surface area is 85.3 Å². The van der Waals surface area contributed by atoms with E-state index in [0.717, 1.165) is 32.2 Å². The van der Waals surface area contributed by atoms with Crippen LogP contribution in [0.2, 0.25) is 0 Å². The number of rotatable bonds is 5. The topological polar surface area (TPSA) is 50.4 Å². The molecule has 1 saturated heterocycles. The number of carbonyl (C=O) groups is 1. The Morgan fingerprint density at radius 3 is 2.86 bits per heavy atom. The molecule has 4 nitrogen and oxygen atoms in total. The van der Waals surface area contributed by atoms with Crippen molar-refractivity contribution in [3.05, 3.63) is 0 Å². The van der Waals surface area contributed by atoms with Crippen LogP contribution < -0.4 is 10.8 Å². The van der Waals surface area contributed by atoms with Gasteiger partial charge >= 0.3 is 0 Å². The highest BCUT2D eigenvalue weighted by molar-refractivity contribution is 5.85. The van der Waals surface area contributed by atoms with E-state index < -0.39 is 0 Å². The molecule has 2 N–H and O–H groups in total. The molecule has 0 bridgehead atoms. The maximum Gasteiger partial charge on any atom is 0.263 e. The molecule has 1 unspecified atom stereocenters. The van der Waals surface area contributed by atoms with Crippen LogP contribution in [0.1, 0.15) is 39.5 Å². The van der Waals surface area contributed by atoms with Gasteiger partial charge in [0.15, 0.2) is 0 Å². The smallest absolute Gasteiger partial charge is 0.263 e. The van der Waals surface area contributed by atoms with Gasteiger partial charge in [-0.05, 0) is 32.7 Å². The highest BCUT2D eigenvalue weighted by Gasteiger charge is 2.39. The third-order valence-corrected chi connectivity index (χ3v) is 2.66. The number of hydroxylamine groups is 1. The first kappa shape index (κ1) is 11.5. The normalized spacial score (nSPS) is 26.4. The van der Waals surface area contributed by atoms with Crippen LogP contribution >= 0.6 is 0 Å². The number of carbonyl (C=O) groups excluding carboxylic acids is 1. The number of hydrogen-bond acceptors (Lipinski definition) is 3. The first-order valence-electron chi connectivity index (χ1n) is 5.42. The lowest BCUT2D eigenvalue weighted by molar-refractivity contribution is -0.140. The second-order valence-electron chi connectivity index (χ2n) is 3.73. The van der Waals surface area contributed by atoms with E-state index in [2.05, 4.69) is 17.7 Å². The van der Waals surface area contributed by atoms with Crippen molar-refractivity contribution in [2.75, 3.05) is 13.2 Å². The molecule has 14 heavy (non-hydrogen) atoms. The van der Waals surface area contributed by atoms with Crippen LogP contribution in [0.4, 0.5) is 0 Å². The number of nitrogens with one attached hydrogen (secondary N) is 2. The molecule has 0 aromatic heterocycles. The summed E-state index contributed by atoms with van der Waals surface area (Å²) in [5, 5.41) is 3.29. The summed E-state index contributed by atoms with van der Waals surface area (Å²) in [5.74, 6) is -0.0151. The number of hydrogen-bond donors (Lipinski definition) is 2. The van der Waals surface area contributed by atoms with Crippen molar-refractivity contribution in [3.8, 4) is 0 Å². The molecule has 0 radical (unpaired) electrons. The quantitative estimate of drug-likeness (QED) is 0.650. The molecule has 0 aromatic rings. The SMILES string of the molecule is CCCC1(C(=O)NOCC)CCCN1. The molecule has 4 heteroatoms. The molecule has 0 aromatic carbocycles. The molecule has 1 aliphatic heterocycles. The molecule has 1 amide bonds. The Morgan fingerprint density at radius 1 is 1.57 bits per heavy atom. The van der Waals surface area contributed by atoms with E-state index in [1.807, 2.05) is 6.92 Å². The molecular weight excluding hydrogens is 180 g/mol. The molecule has 0 aliphatic carbocycles. The molecule has 1 aliphatic rings. The van der Waals surface area contributed by atoms with Gasteiger partial charge in [-0.15, -0.1) is 0 Å². The molecule has 1 fully saturated rings. The van der Waals surface area contributed by atoms with Crippen molar-refractivity contribution >= 4 is 5.91 Å². The Balaban J connectivity index is 2.52. The van der Waals surface area contributed by atoms with E-state index in [0.29, 0.717) is 6.61 Å². The van der Waals surface area contributed by atoms with Gasteiger partial charge in [0, 0.05) is 0 Å². The van der Waals surface area contributed by atoms with Gasteiger partial charge in [0.2, 0.25) is 0 Å². The molecule has 0 spiro atoms. The van der Waals surface area contributed by atoms with Crippen molar-refractivity contribution in [3.63, 3.8) is 0 Å². The van der Waals surface area contributed by atoms with Gasteiger partial charge in [-0.25, -0.2) is 5.48 Å². The zero-order valence-electron chi connectivity index (χ0n) is 9.06. The standard InChI is InChI=1S/C10H20N2O2/c1-3-6-10(7-5-8-11-10)9(13)12-14-4-2/h11H,3-8H2,1-2H3,(H,12,13). The zero-order chi connectivity index (χ0) is 10.4. The molecule has 0 saturated carbocycles. The van der Waals surface area contributed by atoms with E-state index in [1.54, 1.807) is 0 Å². The van der Waals surface area contributed by atoms with Crippen molar-refractivity contribution < 1.29 is 9.63 Å². The highest BCUT2D eigenvalue weighted by atomic mass is 16.6. The van der Waals surface area contributed by atoms with Gasteiger partial charge in [0.25, 0.3) is 5.91 Å². The van der Waals surface area contributed by atoms with E-state index in [-0.39, 0.29) is 11.4 Å². The monoisotopic (exact) mass is 200 g/mol. The summed E-state index contributed by atoms with van der Waals surface area (Å²) in [4.78, 5) is 16.8. The zero-order valence-corrected chi connectivity index (χ0v) is 9.06. The lowest BCUT2D eigenvalue weighted by Crippen LogP contribution is -2.53. The molecule has 1 rings (SSSR count). The minimum Gasteiger partial charge on any atom is -0.303 e. The van der Waals surface area contributed by atoms with Gasteiger partial charge in [-0.3, -0.25) is 9.63 Å². The fraction of sp³-hybridized carbons (Fsp3) is 0.900. The van der Waals surface area contributed by atoms with Crippen molar-refractivity contribution in [2.45, 2.75) is 45.1 Å². The van der Waals surface area contributed by atoms with E-state index >= 15 is 0 Å². The summed E-state index contributed by atoms with van der Waals surface area (Å²) in [7, 11) is 0. The van der Waals surface area contributed by atoms with Crippen LogP contribution in [0.25, 0.3) is 0 Å². The minimum absolute atomic E-state index is 0.0151. The van der Waals surface area contributed by atoms with Gasteiger partial charge in [-0.2, -0.15) is 0 Å². The average molecular weight is 200 g/mol. The van der Waals surface area contributed by atoms with Gasteiger partial charge < -0.3 is 5.32 Å². The molecule has 1 heterocycles. The largest absolute Gasteiger partial charge is 0.303 e. The Morgan fingerprint density at radius 2 is 2.36 bits per heavy atom. The predicted octanol–water partition coefficient (Wildman–Crippen LogP) is 0.976. The van der Waals surface area contributed by atoms with Gasteiger partial charge in [0.05, 0.1) is 6.61 Å². The van der Waals surface area contributed by atoms with Crippen LogP contribution in [-0.2, 0) is 9.63 Å². The second-order valence-corrected chi connectivity index (χ2v) is 3.73. The van der Waals surface area contributed by atoms with E-state index in [4.69, 9.17) is 4.84 Å². The summed E-state index contributed by atoms with van der Waals surface area (Å²) in [6.07, 6.45) is 3.87. The summed E-state index contributed by atoms with van der Waals surface area (Å²) in [6.45, 7) is 5.39. The first-order valence-corrected chi connectivity index (χ1v) is 5.42. The Kier molecular flexibility index (Phi) is 4.35. The maximum atomic E-state index is 11.8. The summed E-state index contributed by atoms with van der Waals surface area (Å²) in [6, 6.07) is 0. The van der Waals surface area contributed by atoms with Crippen LogP contribution in [0.15, 0.2) is 0 Å².